The lowest BCUT2D eigenvalue weighted by atomic mass is 9.52. The van der Waals surface area contributed by atoms with Crippen molar-refractivity contribution in [3.63, 3.8) is 0 Å². The molecule has 1 aromatic carbocycles. The molecule has 3 aliphatic rings. The van der Waals surface area contributed by atoms with Crippen molar-refractivity contribution >= 4 is 5.78 Å². The first-order valence-electron chi connectivity index (χ1n) is 7.69. The monoisotopic (exact) mass is 271 g/mol. The molecule has 0 amide bonds. The smallest absolute Gasteiger partial charge is 0.133 e. The van der Waals surface area contributed by atoms with E-state index >= 15 is 0 Å². The fraction of sp³-hybridized carbons (Fsp3) is 0.588. The van der Waals surface area contributed by atoms with Crippen molar-refractivity contribution in [1.29, 1.82) is 0 Å². The molecule has 1 saturated carbocycles. The first-order chi connectivity index (χ1) is 9.62. The molecule has 2 unspecified atom stereocenters. The Morgan fingerprint density at radius 2 is 2.25 bits per heavy atom. The molecule has 1 heterocycles. The molecule has 20 heavy (non-hydrogen) atoms. The number of fused-ring (bicyclic) bond motifs is 1. The normalized spacial score (nSPS) is 35.4. The van der Waals surface area contributed by atoms with Crippen LogP contribution in [0.5, 0.6) is 5.75 Å². The highest BCUT2D eigenvalue weighted by atomic mass is 16.3. The number of rotatable bonds is 0. The van der Waals surface area contributed by atoms with Gasteiger partial charge in [-0.3, -0.25) is 4.79 Å². The standard InChI is InChI=1S/C17H21NO2/c1-10-2-3-11-8-14-13-5-4-12(19)9-17(13,6-7-18-14)15(11)16(10)20/h2-3,13-14,18,20H,4-9H2,1H3/t13?,14?,17-/m1/s1. The SMILES string of the molecule is Cc1ccc2c(c1O)[C@@]13CCNC(C2)C1CCC(=O)C3. The Hall–Kier alpha value is -1.35. The van der Waals surface area contributed by atoms with Gasteiger partial charge in [0, 0.05) is 29.9 Å². The Morgan fingerprint density at radius 1 is 1.40 bits per heavy atom. The van der Waals surface area contributed by atoms with E-state index in [9.17, 15) is 9.90 Å². The first-order valence-corrected chi connectivity index (χ1v) is 7.69. The number of hydrogen-bond donors (Lipinski definition) is 2. The van der Waals surface area contributed by atoms with E-state index in [1.165, 1.54) is 5.56 Å². The third kappa shape index (κ3) is 1.47. The van der Waals surface area contributed by atoms with E-state index in [0.29, 0.717) is 36.3 Å². The van der Waals surface area contributed by atoms with Crippen LogP contribution in [0.4, 0.5) is 0 Å². The molecular weight excluding hydrogens is 250 g/mol. The summed E-state index contributed by atoms with van der Waals surface area (Å²) in [5.74, 6) is 1.33. The Bertz CT molecular complexity index is 595. The van der Waals surface area contributed by atoms with Crippen LogP contribution in [0.15, 0.2) is 12.1 Å². The third-order valence-electron chi connectivity index (χ3n) is 5.82. The Labute approximate surface area is 119 Å². The van der Waals surface area contributed by atoms with Gasteiger partial charge in [0.05, 0.1) is 0 Å². The second-order valence-corrected chi connectivity index (χ2v) is 6.80. The molecule has 1 saturated heterocycles. The fourth-order valence-corrected chi connectivity index (χ4v) is 4.96. The highest BCUT2D eigenvalue weighted by Gasteiger charge is 2.54. The first kappa shape index (κ1) is 12.4. The number of Topliss-reactive ketones (excluding diaryl/α,β-unsaturated/α-hetero) is 1. The van der Waals surface area contributed by atoms with Crippen molar-refractivity contribution in [3.05, 3.63) is 28.8 Å². The van der Waals surface area contributed by atoms with E-state index < -0.39 is 0 Å². The fourth-order valence-electron chi connectivity index (χ4n) is 4.96. The molecule has 106 valence electrons. The maximum absolute atomic E-state index is 12.1. The minimum Gasteiger partial charge on any atom is -0.507 e. The van der Waals surface area contributed by atoms with Crippen molar-refractivity contribution in [2.75, 3.05) is 6.54 Å². The summed E-state index contributed by atoms with van der Waals surface area (Å²) in [6.07, 6.45) is 4.28. The van der Waals surface area contributed by atoms with Gasteiger partial charge in [0.1, 0.15) is 11.5 Å². The van der Waals surface area contributed by atoms with E-state index in [1.807, 2.05) is 13.0 Å². The quantitative estimate of drug-likeness (QED) is 0.760. The van der Waals surface area contributed by atoms with Crippen molar-refractivity contribution in [2.45, 2.75) is 50.5 Å². The minimum atomic E-state index is -0.102. The van der Waals surface area contributed by atoms with Gasteiger partial charge in [-0.1, -0.05) is 12.1 Å². The van der Waals surface area contributed by atoms with Crippen LogP contribution in [-0.4, -0.2) is 23.5 Å². The number of aromatic hydroxyl groups is 1. The highest BCUT2D eigenvalue weighted by Crippen LogP contribution is 2.55. The van der Waals surface area contributed by atoms with Crippen molar-refractivity contribution in [1.82, 2.24) is 5.32 Å². The largest absolute Gasteiger partial charge is 0.507 e. The Morgan fingerprint density at radius 3 is 3.10 bits per heavy atom. The molecule has 2 aliphatic carbocycles. The van der Waals surface area contributed by atoms with E-state index in [1.54, 1.807) is 0 Å². The number of piperidine rings is 1. The molecule has 1 aromatic rings. The summed E-state index contributed by atoms with van der Waals surface area (Å²) in [6, 6.07) is 4.64. The minimum absolute atomic E-state index is 0.102. The molecule has 3 heteroatoms. The second-order valence-electron chi connectivity index (χ2n) is 6.80. The van der Waals surface area contributed by atoms with Crippen LogP contribution >= 0.6 is 0 Å². The Balaban J connectivity index is 1.97. The molecule has 0 aromatic heterocycles. The summed E-state index contributed by atoms with van der Waals surface area (Å²) in [4.78, 5) is 12.1. The average molecular weight is 271 g/mol. The summed E-state index contributed by atoms with van der Waals surface area (Å²) in [5, 5.41) is 14.3. The number of phenols is 1. The van der Waals surface area contributed by atoms with Crippen LogP contribution in [0.25, 0.3) is 0 Å². The maximum atomic E-state index is 12.1. The third-order valence-corrected chi connectivity index (χ3v) is 5.82. The van der Waals surface area contributed by atoms with Crippen molar-refractivity contribution in [3.8, 4) is 5.75 Å². The van der Waals surface area contributed by atoms with Crippen LogP contribution in [0.1, 0.15) is 42.4 Å². The molecule has 0 spiro atoms. The van der Waals surface area contributed by atoms with Gasteiger partial charge in [0.2, 0.25) is 0 Å². The second kappa shape index (κ2) is 4.08. The van der Waals surface area contributed by atoms with Crippen LogP contribution in [0, 0.1) is 12.8 Å². The van der Waals surface area contributed by atoms with Gasteiger partial charge in [0.25, 0.3) is 0 Å². The van der Waals surface area contributed by atoms with Gasteiger partial charge in [-0.25, -0.2) is 0 Å². The maximum Gasteiger partial charge on any atom is 0.133 e. The molecule has 2 fully saturated rings. The number of carbonyl (C=O) groups excluding carboxylic acids is 1. The molecule has 2 bridgehead atoms. The summed E-state index contributed by atoms with van der Waals surface area (Å²) in [6.45, 7) is 2.92. The summed E-state index contributed by atoms with van der Waals surface area (Å²) in [5.41, 5.74) is 3.19. The Kier molecular flexibility index (Phi) is 2.53. The summed E-state index contributed by atoms with van der Waals surface area (Å²) < 4.78 is 0. The molecular formula is C17H21NO2. The van der Waals surface area contributed by atoms with Crippen LogP contribution < -0.4 is 5.32 Å². The number of phenolic OH excluding ortho intramolecular Hbond substituents is 1. The summed E-state index contributed by atoms with van der Waals surface area (Å²) in [7, 11) is 0. The van der Waals surface area contributed by atoms with E-state index in [4.69, 9.17) is 0 Å². The van der Waals surface area contributed by atoms with Crippen LogP contribution in [-0.2, 0) is 16.6 Å². The van der Waals surface area contributed by atoms with Gasteiger partial charge in [0.15, 0.2) is 0 Å². The van der Waals surface area contributed by atoms with Gasteiger partial charge in [-0.2, -0.15) is 0 Å². The van der Waals surface area contributed by atoms with E-state index in [0.717, 1.165) is 36.9 Å². The zero-order chi connectivity index (χ0) is 13.9. The predicted octanol–water partition coefficient (Wildman–Crippen LogP) is 2.23. The van der Waals surface area contributed by atoms with Crippen molar-refractivity contribution < 1.29 is 9.90 Å². The molecule has 0 radical (unpaired) electrons. The van der Waals surface area contributed by atoms with Gasteiger partial charge < -0.3 is 10.4 Å². The lowest BCUT2D eigenvalue weighted by molar-refractivity contribution is -0.125. The molecule has 3 atom stereocenters. The summed E-state index contributed by atoms with van der Waals surface area (Å²) >= 11 is 0. The van der Waals surface area contributed by atoms with Gasteiger partial charge in [-0.05, 0) is 49.8 Å². The lowest BCUT2D eigenvalue weighted by Crippen LogP contribution is -2.60. The van der Waals surface area contributed by atoms with E-state index in [-0.39, 0.29) is 5.41 Å². The number of carbonyl (C=O) groups is 1. The van der Waals surface area contributed by atoms with Crippen molar-refractivity contribution in [2.24, 2.45) is 5.92 Å². The zero-order valence-electron chi connectivity index (χ0n) is 11.9. The lowest BCUT2D eigenvalue weighted by Gasteiger charge is -2.55. The number of benzene rings is 1. The van der Waals surface area contributed by atoms with Crippen LogP contribution in [0.3, 0.4) is 0 Å². The molecule has 3 nitrogen and oxygen atoms in total. The number of hydrogen-bond acceptors (Lipinski definition) is 3. The molecule has 2 N–H and O–H groups in total. The molecule has 4 rings (SSSR count). The highest BCUT2D eigenvalue weighted by molar-refractivity contribution is 5.82. The average Bonchev–Trinajstić information content (AvgIpc) is 2.41. The zero-order valence-corrected chi connectivity index (χ0v) is 11.9. The molecule has 1 aliphatic heterocycles. The van der Waals surface area contributed by atoms with Crippen LogP contribution in [0.2, 0.25) is 0 Å². The number of nitrogens with one attached hydrogen (secondary N) is 1. The predicted molar refractivity (Wildman–Crippen MR) is 77.0 cm³/mol. The topological polar surface area (TPSA) is 49.3 Å². The van der Waals surface area contributed by atoms with Gasteiger partial charge >= 0.3 is 0 Å². The van der Waals surface area contributed by atoms with E-state index in [2.05, 4.69) is 11.4 Å². The van der Waals surface area contributed by atoms with Gasteiger partial charge in [-0.15, -0.1) is 0 Å². The number of aryl methyl sites for hydroxylation is 1. The number of ketones is 1.